The lowest BCUT2D eigenvalue weighted by Gasteiger charge is -2.18. The standard InChI is InChI=1S/C13H14N2.C5H6O5/c14-13-9-5-1-3-7-11(9)15-12-8-4-2-6-10(12)13;6-3(5(9)10)1-2-4(7)8/h1,3,5,7H,2,4,6,8H2,(H2,14,15);1-2H2,(H,7,8)(H,9,10). The predicted molar refractivity (Wildman–Crippen MR) is 92.3 cm³/mol. The second kappa shape index (κ2) is 8.23. The van der Waals surface area contributed by atoms with E-state index >= 15 is 0 Å². The Morgan fingerprint density at radius 2 is 1.72 bits per heavy atom. The molecule has 132 valence electrons. The van der Waals surface area contributed by atoms with Gasteiger partial charge in [-0.15, -0.1) is 0 Å². The van der Waals surface area contributed by atoms with Gasteiger partial charge >= 0.3 is 11.9 Å². The molecule has 4 N–H and O–H groups in total. The zero-order chi connectivity index (χ0) is 18.4. The summed E-state index contributed by atoms with van der Waals surface area (Å²) in [4.78, 5) is 34.4. The van der Waals surface area contributed by atoms with Crippen LogP contribution < -0.4 is 5.73 Å². The summed E-state index contributed by atoms with van der Waals surface area (Å²) in [7, 11) is 0. The molecule has 0 spiro atoms. The van der Waals surface area contributed by atoms with Gasteiger partial charge in [-0.1, -0.05) is 18.2 Å². The number of benzene rings is 1. The van der Waals surface area contributed by atoms with Crippen molar-refractivity contribution in [2.45, 2.75) is 38.5 Å². The molecular weight excluding hydrogens is 324 g/mol. The molecule has 0 aliphatic heterocycles. The largest absolute Gasteiger partial charge is 0.481 e. The maximum Gasteiger partial charge on any atom is 0.372 e. The van der Waals surface area contributed by atoms with E-state index in [4.69, 9.17) is 20.9 Å². The van der Waals surface area contributed by atoms with E-state index in [1.807, 2.05) is 18.2 Å². The third-order valence-electron chi connectivity index (χ3n) is 4.02. The number of nitrogen functional groups attached to an aromatic ring is 1. The van der Waals surface area contributed by atoms with Crippen molar-refractivity contribution in [3.63, 3.8) is 0 Å². The zero-order valence-electron chi connectivity index (χ0n) is 13.7. The van der Waals surface area contributed by atoms with Crippen LogP contribution in [-0.2, 0) is 27.2 Å². The number of nitrogens with zero attached hydrogens (tertiary/aromatic N) is 1. The quantitative estimate of drug-likeness (QED) is 0.725. The number of pyridine rings is 1. The number of carboxylic acids is 2. The molecule has 1 aliphatic rings. The molecular formula is C18H20N2O5. The molecule has 1 aromatic carbocycles. The Labute approximate surface area is 144 Å². The molecule has 0 saturated carbocycles. The summed E-state index contributed by atoms with van der Waals surface area (Å²) in [6, 6.07) is 8.15. The van der Waals surface area contributed by atoms with Gasteiger partial charge < -0.3 is 15.9 Å². The van der Waals surface area contributed by atoms with E-state index in [0.717, 1.165) is 29.4 Å². The smallest absolute Gasteiger partial charge is 0.372 e. The minimum absolute atomic E-state index is 0.425. The number of hydrogen-bond acceptors (Lipinski definition) is 5. The minimum atomic E-state index is -1.58. The fraction of sp³-hybridized carbons (Fsp3) is 0.333. The van der Waals surface area contributed by atoms with E-state index in [-0.39, 0.29) is 0 Å². The van der Waals surface area contributed by atoms with Crippen molar-refractivity contribution in [2.75, 3.05) is 5.73 Å². The molecule has 0 saturated heterocycles. The number of fused-ring (bicyclic) bond motifs is 2. The molecule has 0 atom stereocenters. The Kier molecular flexibility index (Phi) is 6.05. The van der Waals surface area contributed by atoms with Gasteiger partial charge in [0.05, 0.1) is 11.9 Å². The van der Waals surface area contributed by atoms with Gasteiger partial charge in [-0.05, 0) is 37.3 Å². The highest BCUT2D eigenvalue weighted by Gasteiger charge is 2.15. The lowest BCUT2D eigenvalue weighted by Crippen LogP contribution is -2.13. The summed E-state index contributed by atoms with van der Waals surface area (Å²) in [6.07, 6.45) is 3.81. The van der Waals surface area contributed by atoms with Crippen molar-refractivity contribution in [3.8, 4) is 0 Å². The molecule has 1 heterocycles. The summed E-state index contributed by atoms with van der Waals surface area (Å²) in [5.74, 6) is -3.82. The van der Waals surface area contributed by atoms with E-state index < -0.39 is 30.6 Å². The molecule has 2 aromatic rings. The minimum Gasteiger partial charge on any atom is -0.481 e. The number of carbonyl (C=O) groups is 3. The Morgan fingerprint density at radius 1 is 1.04 bits per heavy atom. The van der Waals surface area contributed by atoms with Gasteiger partial charge in [0.25, 0.3) is 0 Å². The Hall–Kier alpha value is -2.96. The van der Waals surface area contributed by atoms with Crippen molar-refractivity contribution in [2.24, 2.45) is 0 Å². The van der Waals surface area contributed by atoms with Crippen LogP contribution in [0, 0.1) is 0 Å². The van der Waals surface area contributed by atoms with Gasteiger partial charge in [-0.3, -0.25) is 14.6 Å². The van der Waals surface area contributed by atoms with Crippen molar-refractivity contribution in [1.82, 2.24) is 4.98 Å². The molecule has 0 amide bonds. The fourth-order valence-electron chi connectivity index (χ4n) is 2.74. The molecule has 0 radical (unpaired) electrons. The maximum absolute atomic E-state index is 10.2. The van der Waals surface area contributed by atoms with Crippen molar-refractivity contribution in [1.29, 1.82) is 0 Å². The second-order valence-corrected chi connectivity index (χ2v) is 5.80. The number of Topliss-reactive ketones (excluding diaryl/α,β-unsaturated/α-hetero) is 1. The third kappa shape index (κ3) is 4.76. The number of anilines is 1. The normalized spacial score (nSPS) is 12.6. The van der Waals surface area contributed by atoms with Gasteiger partial charge in [0.15, 0.2) is 0 Å². The first-order valence-electron chi connectivity index (χ1n) is 8.04. The number of carbonyl (C=O) groups excluding carboxylic acids is 1. The molecule has 0 unspecified atom stereocenters. The van der Waals surface area contributed by atoms with Crippen LogP contribution in [0.3, 0.4) is 0 Å². The van der Waals surface area contributed by atoms with Gasteiger partial charge in [0, 0.05) is 23.2 Å². The van der Waals surface area contributed by atoms with E-state index in [1.165, 1.54) is 24.1 Å². The van der Waals surface area contributed by atoms with E-state index in [1.54, 1.807) is 0 Å². The average molecular weight is 344 g/mol. The number of nitrogens with two attached hydrogens (primary N) is 1. The lowest BCUT2D eigenvalue weighted by molar-refractivity contribution is -0.149. The van der Waals surface area contributed by atoms with Crippen molar-refractivity contribution < 1.29 is 24.6 Å². The molecule has 3 rings (SSSR count). The Balaban J connectivity index is 0.000000199. The monoisotopic (exact) mass is 344 g/mol. The van der Waals surface area contributed by atoms with Gasteiger partial charge in [0.1, 0.15) is 0 Å². The number of para-hydroxylation sites is 1. The van der Waals surface area contributed by atoms with Crippen LogP contribution >= 0.6 is 0 Å². The van der Waals surface area contributed by atoms with Crippen LogP contribution in [-0.4, -0.2) is 32.9 Å². The SMILES string of the molecule is Nc1c2c(nc3ccccc13)CCCC2.O=C(O)CCC(=O)C(=O)O. The highest BCUT2D eigenvalue weighted by Crippen LogP contribution is 2.30. The van der Waals surface area contributed by atoms with Gasteiger partial charge in [-0.2, -0.15) is 0 Å². The number of carboxylic acid groups (broad SMARTS) is 2. The van der Waals surface area contributed by atoms with E-state index in [0.29, 0.717) is 0 Å². The number of aromatic nitrogens is 1. The topological polar surface area (TPSA) is 131 Å². The molecule has 0 bridgehead atoms. The molecule has 25 heavy (non-hydrogen) atoms. The van der Waals surface area contributed by atoms with E-state index in [9.17, 15) is 14.4 Å². The number of aliphatic carboxylic acids is 2. The summed E-state index contributed by atoms with van der Waals surface area (Å²) < 4.78 is 0. The predicted octanol–water partition coefficient (Wildman–Crippen LogP) is 2.20. The highest BCUT2D eigenvalue weighted by atomic mass is 16.4. The van der Waals surface area contributed by atoms with Crippen molar-refractivity contribution >= 4 is 34.3 Å². The summed E-state index contributed by atoms with van der Waals surface area (Å²) in [5, 5.41) is 17.1. The number of aryl methyl sites for hydroxylation is 1. The number of hydrogen-bond donors (Lipinski definition) is 3. The zero-order valence-corrected chi connectivity index (χ0v) is 13.7. The lowest BCUT2D eigenvalue weighted by atomic mass is 9.93. The van der Waals surface area contributed by atoms with Gasteiger partial charge in [0.2, 0.25) is 5.78 Å². The average Bonchev–Trinajstić information content (AvgIpc) is 2.60. The van der Waals surface area contributed by atoms with Crippen LogP contribution in [0.25, 0.3) is 10.9 Å². The van der Waals surface area contributed by atoms with Crippen molar-refractivity contribution in [3.05, 3.63) is 35.5 Å². The first-order chi connectivity index (χ1) is 11.9. The highest BCUT2D eigenvalue weighted by molar-refractivity contribution is 6.32. The van der Waals surface area contributed by atoms with Crippen LogP contribution in [0.2, 0.25) is 0 Å². The fourth-order valence-corrected chi connectivity index (χ4v) is 2.74. The molecule has 1 aromatic heterocycles. The summed E-state index contributed by atoms with van der Waals surface area (Å²) in [5.41, 5.74) is 10.7. The number of rotatable bonds is 4. The number of ketones is 1. The van der Waals surface area contributed by atoms with Crippen LogP contribution in [0.1, 0.15) is 36.9 Å². The third-order valence-corrected chi connectivity index (χ3v) is 4.02. The molecule has 7 nitrogen and oxygen atoms in total. The Bertz CT molecular complexity index is 816. The molecule has 0 fully saturated rings. The van der Waals surface area contributed by atoms with Gasteiger partial charge in [-0.25, -0.2) is 4.79 Å². The maximum atomic E-state index is 10.2. The van der Waals surface area contributed by atoms with Crippen LogP contribution in [0.5, 0.6) is 0 Å². The van der Waals surface area contributed by atoms with Crippen LogP contribution in [0.4, 0.5) is 5.69 Å². The second-order valence-electron chi connectivity index (χ2n) is 5.80. The first-order valence-corrected chi connectivity index (χ1v) is 8.04. The van der Waals surface area contributed by atoms with Crippen LogP contribution in [0.15, 0.2) is 24.3 Å². The Morgan fingerprint density at radius 3 is 2.40 bits per heavy atom. The molecule has 7 heteroatoms. The first kappa shape index (κ1) is 18.4. The van der Waals surface area contributed by atoms with E-state index in [2.05, 4.69) is 6.07 Å². The summed E-state index contributed by atoms with van der Waals surface area (Å²) in [6.45, 7) is 0. The summed E-state index contributed by atoms with van der Waals surface area (Å²) >= 11 is 0. The molecule has 1 aliphatic carbocycles.